The lowest BCUT2D eigenvalue weighted by Gasteiger charge is -2.22. The second-order valence-corrected chi connectivity index (χ2v) is 5.85. The van der Waals surface area contributed by atoms with E-state index in [9.17, 15) is 4.39 Å². The Bertz CT molecular complexity index is 567. The monoisotopic (exact) mass is 375 g/mol. The highest BCUT2D eigenvalue weighted by molar-refractivity contribution is 9.10. The van der Waals surface area contributed by atoms with Gasteiger partial charge in [0.25, 0.3) is 0 Å². The molecule has 1 atom stereocenters. The second-order valence-electron chi connectivity index (χ2n) is 4.28. The first-order valence-electron chi connectivity index (χ1n) is 6.17. The van der Waals surface area contributed by atoms with Gasteiger partial charge < -0.3 is 5.32 Å². The lowest BCUT2D eigenvalue weighted by Crippen LogP contribution is -2.23. The Balaban J connectivity index is 2.56. The Morgan fingerprint density at radius 3 is 2.50 bits per heavy atom. The topological polar surface area (TPSA) is 12.0 Å². The van der Waals surface area contributed by atoms with Gasteiger partial charge in [-0.2, -0.15) is 0 Å². The fourth-order valence-corrected chi connectivity index (χ4v) is 2.99. The zero-order valence-corrected chi connectivity index (χ0v) is 13.9. The van der Waals surface area contributed by atoms with Crippen molar-refractivity contribution in [1.29, 1.82) is 0 Å². The minimum Gasteiger partial charge on any atom is -0.306 e. The molecule has 1 nitrogen and oxygen atoms in total. The lowest BCUT2D eigenvalue weighted by atomic mass is 9.98. The van der Waals surface area contributed by atoms with E-state index in [-0.39, 0.29) is 11.9 Å². The van der Waals surface area contributed by atoms with E-state index in [1.165, 1.54) is 6.07 Å². The maximum Gasteiger partial charge on any atom is 0.137 e. The van der Waals surface area contributed by atoms with Crippen LogP contribution in [0.4, 0.5) is 4.39 Å². The maximum atomic E-state index is 13.7. The second kappa shape index (κ2) is 6.90. The molecule has 0 spiro atoms. The molecule has 1 unspecified atom stereocenters. The molecule has 0 heterocycles. The van der Waals surface area contributed by atoms with Crippen LogP contribution in [0.5, 0.6) is 0 Å². The van der Waals surface area contributed by atoms with Gasteiger partial charge in [-0.3, -0.25) is 0 Å². The first-order valence-corrected chi connectivity index (χ1v) is 7.72. The summed E-state index contributed by atoms with van der Waals surface area (Å²) in [6.07, 6.45) is 0. The number of nitrogens with one attached hydrogen (secondary N) is 1. The van der Waals surface area contributed by atoms with Gasteiger partial charge in [0.2, 0.25) is 0 Å². The van der Waals surface area contributed by atoms with Crippen LogP contribution in [0.25, 0.3) is 0 Å². The molecule has 2 aromatic carbocycles. The fraction of sp³-hybridized carbons (Fsp3) is 0.200. The van der Waals surface area contributed by atoms with E-state index < -0.39 is 0 Å². The molecule has 0 aliphatic rings. The summed E-state index contributed by atoms with van der Waals surface area (Å²) in [6.45, 7) is 2.70. The summed E-state index contributed by atoms with van der Waals surface area (Å²) in [5.41, 5.74) is 1.61. The zero-order chi connectivity index (χ0) is 14.7. The van der Waals surface area contributed by atoms with Crippen molar-refractivity contribution in [3.8, 4) is 0 Å². The standard InChI is InChI=1S/C15H13BrCl2FN/c1-2-20-15(9-5-4-8-12(19)13(9)16)10-6-3-7-11(17)14(10)18/h3-8,15,20H,2H2,1H3. The van der Waals surface area contributed by atoms with Crippen LogP contribution in [0.15, 0.2) is 40.9 Å². The van der Waals surface area contributed by atoms with Gasteiger partial charge in [0.15, 0.2) is 0 Å². The molecule has 2 rings (SSSR count). The number of hydrogen-bond donors (Lipinski definition) is 1. The lowest BCUT2D eigenvalue weighted by molar-refractivity contribution is 0.595. The summed E-state index contributed by atoms with van der Waals surface area (Å²) >= 11 is 15.7. The molecule has 0 amide bonds. The molecule has 2 aromatic rings. The molecule has 0 bridgehead atoms. The Morgan fingerprint density at radius 1 is 1.15 bits per heavy atom. The summed E-state index contributed by atoms with van der Waals surface area (Å²) in [4.78, 5) is 0. The average Bonchev–Trinajstić information content (AvgIpc) is 2.43. The highest BCUT2D eigenvalue weighted by Gasteiger charge is 2.20. The van der Waals surface area contributed by atoms with Crippen LogP contribution in [0, 0.1) is 5.82 Å². The smallest absolute Gasteiger partial charge is 0.137 e. The summed E-state index contributed by atoms with van der Waals surface area (Å²) < 4.78 is 14.2. The number of hydrogen-bond acceptors (Lipinski definition) is 1. The van der Waals surface area contributed by atoms with E-state index in [4.69, 9.17) is 23.2 Å². The van der Waals surface area contributed by atoms with Crippen molar-refractivity contribution in [3.63, 3.8) is 0 Å². The highest BCUT2D eigenvalue weighted by atomic mass is 79.9. The number of benzene rings is 2. The summed E-state index contributed by atoms with van der Waals surface area (Å²) in [5.74, 6) is -0.302. The molecule has 0 aliphatic heterocycles. The van der Waals surface area contributed by atoms with Crippen LogP contribution < -0.4 is 5.32 Å². The van der Waals surface area contributed by atoms with E-state index in [0.717, 1.165) is 17.7 Å². The van der Waals surface area contributed by atoms with Crippen molar-refractivity contribution in [2.24, 2.45) is 0 Å². The first kappa shape index (κ1) is 15.8. The van der Waals surface area contributed by atoms with Gasteiger partial charge in [0.05, 0.1) is 20.6 Å². The van der Waals surface area contributed by atoms with Gasteiger partial charge in [-0.1, -0.05) is 54.4 Å². The van der Waals surface area contributed by atoms with Gasteiger partial charge in [-0.15, -0.1) is 0 Å². The van der Waals surface area contributed by atoms with Crippen molar-refractivity contribution in [1.82, 2.24) is 5.32 Å². The predicted molar refractivity (Wildman–Crippen MR) is 86.1 cm³/mol. The SMILES string of the molecule is CCNC(c1cccc(Cl)c1Cl)c1cccc(F)c1Br. The first-order chi connectivity index (χ1) is 9.56. The highest BCUT2D eigenvalue weighted by Crippen LogP contribution is 2.36. The largest absolute Gasteiger partial charge is 0.306 e. The predicted octanol–water partition coefficient (Wildman–Crippen LogP) is 5.59. The Kier molecular flexibility index (Phi) is 5.44. The van der Waals surface area contributed by atoms with Gasteiger partial charge in [-0.25, -0.2) is 4.39 Å². The van der Waals surface area contributed by atoms with E-state index in [1.54, 1.807) is 12.1 Å². The van der Waals surface area contributed by atoms with Crippen molar-refractivity contribution in [2.45, 2.75) is 13.0 Å². The molecule has 1 N–H and O–H groups in total. The Hall–Kier alpha value is -0.610. The Labute approximate surface area is 136 Å². The third-order valence-corrected chi connectivity index (χ3v) is 4.66. The molecule has 0 saturated heterocycles. The van der Waals surface area contributed by atoms with Crippen molar-refractivity contribution < 1.29 is 4.39 Å². The zero-order valence-electron chi connectivity index (χ0n) is 10.8. The van der Waals surface area contributed by atoms with E-state index in [2.05, 4.69) is 21.2 Å². The van der Waals surface area contributed by atoms with Gasteiger partial charge >= 0.3 is 0 Å². The molecule has 0 fully saturated rings. The molecule has 0 aliphatic carbocycles. The molecule has 20 heavy (non-hydrogen) atoms. The van der Waals surface area contributed by atoms with Crippen molar-refractivity contribution in [2.75, 3.05) is 6.54 Å². The van der Waals surface area contributed by atoms with Crippen LogP contribution >= 0.6 is 39.1 Å². The molecule has 0 saturated carbocycles. The number of rotatable bonds is 4. The number of halogens is 4. The molecule has 106 valence electrons. The molecule has 5 heteroatoms. The Morgan fingerprint density at radius 2 is 1.80 bits per heavy atom. The molecule has 0 aromatic heterocycles. The third kappa shape index (κ3) is 3.17. The maximum absolute atomic E-state index is 13.7. The van der Waals surface area contributed by atoms with Crippen LogP contribution in [0.3, 0.4) is 0 Å². The molecular formula is C15H13BrCl2FN. The fourth-order valence-electron chi connectivity index (χ4n) is 2.08. The quantitative estimate of drug-likeness (QED) is 0.732. The van der Waals surface area contributed by atoms with Gasteiger partial charge in [0, 0.05) is 0 Å². The van der Waals surface area contributed by atoms with Crippen LogP contribution in [-0.4, -0.2) is 6.54 Å². The molecular weight excluding hydrogens is 364 g/mol. The van der Waals surface area contributed by atoms with Crippen LogP contribution in [-0.2, 0) is 0 Å². The summed E-state index contributed by atoms with van der Waals surface area (Å²) in [7, 11) is 0. The van der Waals surface area contributed by atoms with Crippen molar-refractivity contribution in [3.05, 3.63) is 67.9 Å². The summed E-state index contributed by atoms with van der Waals surface area (Å²) in [6, 6.07) is 10.2. The van der Waals surface area contributed by atoms with Gasteiger partial charge in [0.1, 0.15) is 5.82 Å². The van der Waals surface area contributed by atoms with E-state index in [0.29, 0.717) is 14.5 Å². The van der Waals surface area contributed by atoms with E-state index >= 15 is 0 Å². The van der Waals surface area contributed by atoms with Gasteiger partial charge in [-0.05, 0) is 45.7 Å². The van der Waals surface area contributed by atoms with E-state index in [1.807, 2.05) is 25.1 Å². The van der Waals surface area contributed by atoms with Crippen LogP contribution in [0.2, 0.25) is 10.0 Å². The molecule has 0 radical (unpaired) electrons. The average molecular weight is 377 g/mol. The minimum atomic E-state index is -0.302. The minimum absolute atomic E-state index is 0.226. The van der Waals surface area contributed by atoms with Crippen molar-refractivity contribution >= 4 is 39.1 Å². The third-order valence-electron chi connectivity index (χ3n) is 2.99. The summed E-state index contributed by atoms with van der Waals surface area (Å²) in [5, 5.41) is 4.28. The van der Waals surface area contributed by atoms with Crippen LogP contribution in [0.1, 0.15) is 24.1 Å². The normalized spacial score (nSPS) is 12.4.